The molecule has 0 bridgehead atoms. The highest BCUT2D eigenvalue weighted by molar-refractivity contribution is 6.26. The third-order valence-electron chi connectivity index (χ3n) is 2.68. The predicted molar refractivity (Wildman–Crippen MR) is 60.7 cm³/mol. The first-order valence-corrected chi connectivity index (χ1v) is 5.05. The number of aliphatic imine (C=N–C) groups is 1. The number of aliphatic carboxylic acids is 1. The predicted octanol–water partition coefficient (Wildman–Crippen LogP) is 0.271. The Bertz CT molecular complexity index is 512. The van der Waals surface area contributed by atoms with Gasteiger partial charge in [-0.3, -0.25) is 9.59 Å². The van der Waals surface area contributed by atoms with Gasteiger partial charge in [-0.05, 0) is 19.2 Å². The molecule has 1 atom stereocenters. The zero-order chi connectivity index (χ0) is 12.5. The van der Waals surface area contributed by atoms with E-state index in [9.17, 15) is 14.7 Å². The molecule has 1 aliphatic heterocycles. The van der Waals surface area contributed by atoms with Gasteiger partial charge in [0.15, 0.2) is 17.0 Å². The largest absolute Gasteiger partial charge is 0.480 e. The quantitative estimate of drug-likeness (QED) is 0.731. The number of rotatable bonds is 3. The summed E-state index contributed by atoms with van der Waals surface area (Å²) in [6.07, 6.45) is 2.67. The van der Waals surface area contributed by atoms with Crippen LogP contribution in [-0.2, 0) is 4.79 Å². The summed E-state index contributed by atoms with van der Waals surface area (Å²) in [4.78, 5) is 31.4. The maximum Gasteiger partial charge on any atom is 0.324 e. The maximum atomic E-state index is 12.2. The molecular formula is C11H11N3O3. The Labute approximate surface area is 97.4 Å². The van der Waals surface area contributed by atoms with Crippen molar-refractivity contribution in [1.29, 1.82) is 0 Å². The summed E-state index contributed by atoms with van der Waals surface area (Å²) in [5.74, 6) is -1.43. The second kappa shape index (κ2) is 4.06. The highest BCUT2D eigenvalue weighted by atomic mass is 16.4. The fourth-order valence-electron chi connectivity index (χ4n) is 1.78. The van der Waals surface area contributed by atoms with Crippen molar-refractivity contribution in [3.8, 4) is 0 Å². The van der Waals surface area contributed by atoms with Crippen LogP contribution in [0.5, 0.6) is 0 Å². The molecule has 1 aliphatic rings. The minimum Gasteiger partial charge on any atom is -0.480 e. The number of aromatic nitrogens is 1. The first-order valence-electron chi connectivity index (χ1n) is 5.05. The van der Waals surface area contributed by atoms with Gasteiger partial charge in [0.1, 0.15) is 0 Å². The molecule has 0 saturated carbocycles. The number of carbonyl (C=O) groups is 2. The fraction of sp³-hybridized carbons (Fsp3) is 0.273. The highest BCUT2D eigenvalue weighted by Gasteiger charge is 2.47. The second-order valence-corrected chi connectivity index (χ2v) is 3.77. The average molecular weight is 233 g/mol. The summed E-state index contributed by atoms with van der Waals surface area (Å²) in [5.41, 5.74) is -1.39. The van der Waals surface area contributed by atoms with Crippen molar-refractivity contribution >= 4 is 23.8 Å². The van der Waals surface area contributed by atoms with Gasteiger partial charge in [-0.25, -0.2) is 9.98 Å². The van der Waals surface area contributed by atoms with Crippen LogP contribution in [-0.4, -0.2) is 41.7 Å². The smallest absolute Gasteiger partial charge is 0.324 e. The molecule has 2 heterocycles. The van der Waals surface area contributed by atoms with E-state index in [1.165, 1.54) is 12.3 Å². The molecule has 88 valence electrons. The van der Waals surface area contributed by atoms with E-state index in [4.69, 9.17) is 0 Å². The molecule has 0 aliphatic carbocycles. The molecule has 6 heteroatoms. The molecule has 17 heavy (non-hydrogen) atoms. The van der Waals surface area contributed by atoms with E-state index in [1.54, 1.807) is 13.1 Å². The number of carboxylic acids is 1. The van der Waals surface area contributed by atoms with E-state index < -0.39 is 17.2 Å². The second-order valence-electron chi connectivity index (χ2n) is 3.77. The Morgan fingerprint density at radius 1 is 1.59 bits per heavy atom. The Morgan fingerprint density at radius 2 is 2.35 bits per heavy atom. The molecule has 1 aromatic heterocycles. The number of carbonyl (C=O) groups excluding carboxylic acids is 1. The van der Waals surface area contributed by atoms with Crippen LogP contribution in [0.15, 0.2) is 23.3 Å². The monoisotopic (exact) mass is 233 g/mol. The number of carboxylic acid groups (broad SMARTS) is 1. The van der Waals surface area contributed by atoms with Gasteiger partial charge < -0.3 is 10.4 Å². The number of ketones is 1. The number of hydrogen-bond donors (Lipinski definition) is 2. The number of Topliss-reactive ketones (excluding diaryl/α,β-unsaturated/α-hetero) is 1. The first-order chi connectivity index (χ1) is 8.12. The zero-order valence-corrected chi connectivity index (χ0v) is 9.17. The van der Waals surface area contributed by atoms with Crippen LogP contribution in [0.25, 0.3) is 0 Å². The standard InChI is InChI=1S/C11H11N3O3/c1-12-5-11(10(16)17)6-14-9-7(8(11)15)3-2-4-13-9/h2-4,6,12H,5H2,1H3,(H,16,17). The van der Waals surface area contributed by atoms with E-state index in [1.807, 2.05) is 0 Å². The molecule has 2 N–H and O–H groups in total. The lowest BCUT2D eigenvalue weighted by Gasteiger charge is -2.26. The molecule has 2 rings (SSSR count). The SMILES string of the molecule is CNCC1(C(=O)O)C=Nc2ncccc2C1=O. The van der Waals surface area contributed by atoms with Crippen molar-refractivity contribution in [2.45, 2.75) is 0 Å². The van der Waals surface area contributed by atoms with Crippen LogP contribution < -0.4 is 5.32 Å². The van der Waals surface area contributed by atoms with E-state index in [-0.39, 0.29) is 17.9 Å². The Hall–Kier alpha value is -2.08. The van der Waals surface area contributed by atoms with Gasteiger partial charge in [0, 0.05) is 19.0 Å². The molecule has 0 radical (unpaired) electrons. The molecular weight excluding hydrogens is 222 g/mol. The lowest BCUT2D eigenvalue weighted by Crippen LogP contribution is -2.49. The van der Waals surface area contributed by atoms with Crippen molar-refractivity contribution in [3.63, 3.8) is 0 Å². The zero-order valence-electron chi connectivity index (χ0n) is 9.17. The highest BCUT2D eigenvalue weighted by Crippen LogP contribution is 2.31. The van der Waals surface area contributed by atoms with Crippen LogP contribution in [0.3, 0.4) is 0 Å². The van der Waals surface area contributed by atoms with Gasteiger partial charge in [0.05, 0.1) is 5.56 Å². The van der Waals surface area contributed by atoms with Crippen LogP contribution in [0, 0.1) is 5.41 Å². The lowest BCUT2D eigenvalue weighted by atomic mass is 9.79. The molecule has 0 spiro atoms. The van der Waals surface area contributed by atoms with Gasteiger partial charge in [-0.15, -0.1) is 0 Å². The molecule has 0 amide bonds. The Balaban J connectivity index is 2.55. The summed E-state index contributed by atoms with van der Waals surface area (Å²) in [6, 6.07) is 3.12. The number of nitrogens with one attached hydrogen (secondary N) is 1. The molecule has 0 fully saturated rings. The molecule has 0 aromatic carbocycles. The molecule has 1 unspecified atom stereocenters. The third-order valence-corrected chi connectivity index (χ3v) is 2.68. The molecule has 0 saturated heterocycles. The van der Waals surface area contributed by atoms with Crippen LogP contribution >= 0.6 is 0 Å². The van der Waals surface area contributed by atoms with E-state index in [2.05, 4.69) is 15.3 Å². The van der Waals surface area contributed by atoms with Gasteiger partial charge in [0.2, 0.25) is 0 Å². The van der Waals surface area contributed by atoms with E-state index in [0.717, 1.165) is 6.21 Å². The summed E-state index contributed by atoms with van der Waals surface area (Å²) >= 11 is 0. The van der Waals surface area contributed by atoms with Gasteiger partial charge >= 0.3 is 5.97 Å². The number of hydrogen-bond acceptors (Lipinski definition) is 5. The molecule has 1 aromatic rings. The lowest BCUT2D eigenvalue weighted by molar-refractivity contribution is -0.142. The van der Waals surface area contributed by atoms with Crippen molar-refractivity contribution in [2.75, 3.05) is 13.6 Å². The van der Waals surface area contributed by atoms with Crippen molar-refractivity contribution < 1.29 is 14.7 Å². The summed E-state index contributed by atoms with van der Waals surface area (Å²) in [6.45, 7) is -0.000991. The van der Waals surface area contributed by atoms with E-state index >= 15 is 0 Å². The minimum absolute atomic E-state index is 0.000991. The van der Waals surface area contributed by atoms with Crippen LogP contribution in [0.2, 0.25) is 0 Å². The maximum absolute atomic E-state index is 12.2. The topological polar surface area (TPSA) is 91.7 Å². The Kier molecular flexibility index (Phi) is 2.72. The number of pyridine rings is 1. The summed E-state index contributed by atoms with van der Waals surface area (Å²) in [5, 5.41) is 12.0. The summed E-state index contributed by atoms with van der Waals surface area (Å²) < 4.78 is 0. The number of fused-ring (bicyclic) bond motifs is 1. The minimum atomic E-state index is -1.63. The van der Waals surface area contributed by atoms with Gasteiger partial charge in [-0.1, -0.05) is 0 Å². The van der Waals surface area contributed by atoms with Crippen molar-refractivity contribution in [3.05, 3.63) is 23.9 Å². The van der Waals surface area contributed by atoms with Gasteiger partial charge in [-0.2, -0.15) is 0 Å². The summed E-state index contributed by atoms with van der Waals surface area (Å²) in [7, 11) is 1.59. The van der Waals surface area contributed by atoms with Crippen molar-refractivity contribution in [1.82, 2.24) is 10.3 Å². The van der Waals surface area contributed by atoms with Gasteiger partial charge in [0.25, 0.3) is 0 Å². The average Bonchev–Trinajstić information content (AvgIpc) is 2.33. The van der Waals surface area contributed by atoms with Crippen LogP contribution in [0.1, 0.15) is 10.4 Å². The first kappa shape index (κ1) is 11.4. The third kappa shape index (κ3) is 1.62. The normalized spacial score (nSPS) is 22.3. The number of nitrogens with zero attached hydrogens (tertiary/aromatic N) is 2. The fourth-order valence-corrected chi connectivity index (χ4v) is 1.78. The van der Waals surface area contributed by atoms with Crippen LogP contribution in [0.4, 0.5) is 5.82 Å². The Morgan fingerprint density at radius 3 is 3.00 bits per heavy atom. The van der Waals surface area contributed by atoms with Crippen molar-refractivity contribution in [2.24, 2.45) is 10.4 Å². The van der Waals surface area contributed by atoms with E-state index in [0.29, 0.717) is 0 Å². The molecule has 6 nitrogen and oxygen atoms in total.